The van der Waals surface area contributed by atoms with Crippen molar-refractivity contribution >= 4 is 17.3 Å². The van der Waals surface area contributed by atoms with E-state index in [2.05, 4.69) is 53.5 Å². The van der Waals surface area contributed by atoms with Crippen LogP contribution in [-0.4, -0.2) is 25.5 Å². The molecule has 126 valence electrons. The number of quaternary nitrogens is 1. The van der Waals surface area contributed by atoms with Crippen molar-refractivity contribution in [1.82, 2.24) is 0 Å². The normalized spacial score (nSPS) is 14.0. The van der Waals surface area contributed by atoms with Gasteiger partial charge in [-0.25, -0.2) is 0 Å². The molecule has 0 bridgehead atoms. The van der Waals surface area contributed by atoms with Crippen molar-refractivity contribution in [1.29, 1.82) is 0 Å². The highest BCUT2D eigenvalue weighted by Gasteiger charge is 2.12. The monoisotopic (exact) mass is 324 g/mol. The van der Waals surface area contributed by atoms with Crippen molar-refractivity contribution in [3.05, 3.63) is 59.7 Å². The highest BCUT2D eigenvalue weighted by atomic mass is 16.1. The minimum Gasteiger partial charge on any atom is -0.372 e. The number of nitrogens with zero attached hydrogens (tertiary/aromatic N) is 1. The molecule has 0 aliphatic carbocycles. The lowest BCUT2D eigenvalue weighted by atomic mass is 10.1. The molecule has 1 saturated heterocycles. The summed E-state index contributed by atoms with van der Waals surface area (Å²) >= 11 is 0. The molecule has 0 atom stereocenters. The topological polar surface area (TPSA) is 49.0 Å². The van der Waals surface area contributed by atoms with Crippen molar-refractivity contribution in [2.75, 3.05) is 29.9 Å². The number of amides is 1. The number of benzene rings is 2. The van der Waals surface area contributed by atoms with E-state index in [9.17, 15) is 4.79 Å². The molecule has 1 fully saturated rings. The summed E-state index contributed by atoms with van der Waals surface area (Å²) in [5, 5.41) is 4.99. The van der Waals surface area contributed by atoms with Crippen LogP contribution in [0.2, 0.25) is 0 Å². The van der Waals surface area contributed by atoms with Crippen LogP contribution in [0, 0.1) is 6.92 Å². The van der Waals surface area contributed by atoms with Crippen LogP contribution in [0.15, 0.2) is 48.5 Å². The third kappa shape index (κ3) is 4.59. The number of nitrogens with one attached hydrogen (secondary N) is 1. The molecule has 4 heteroatoms. The Morgan fingerprint density at radius 1 is 1.04 bits per heavy atom. The summed E-state index contributed by atoms with van der Waals surface area (Å²) in [5.74, 6) is 0.0380. The zero-order valence-corrected chi connectivity index (χ0v) is 14.3. The van der Waals surface area contributed by atoms with Crippen LogP contribution in [0.25, 0.3) is 0 Å². The van der Waals surface area contributed by atoms with Crippen molar-refractivity contribution < 1.29 is 10.1 Å². The van der Waals surface area contributed by atoms with Gasteiger partial charge in [-0.3, -0.25) is 4.79 Å². The Kier molecular flexibility index (Phi) is 5.49. The summed E-state index contributed by atoms with van der Waals surface area (Å²) in [5.41, 5.74) is 4.61. The minimum atomic E-state index is 0.0380. The predicted molar refractivity (Wildman–Crippen MR) is 98.2 cm³/mol. The van der Waals surface area contributed by atoms with Crippen molar-refractivity contribution in [3.63, 3.8) is 0 Å². The van der Waals surface area contributed by atoms with Gasteiger partial charge in [0.2, 0.25) is 0 Å². The van der Waals surface area contributed by atoms with Gasteiger partial charge in [-0.1, -0.05) is 29.8 Å². The lowest BCUT2D eigenvalue weighted by Crippen LogP contribution is -2.84. The van der Waals surface area contributed by atoms with Crippen LogP contribution >= 0.6 is 0 Å². The summed E-state index contributed by atoms with van der Waals surface area (Å²) in [6.07, 6.45) is 2.55. The van der Waals surface area contributed by atoms with E-state index in [1.807, 2.05) is 17.4 Å². The van der Waals surface area contributed by atoms with Gasteiger partial charge in [0, 0.05) is 30.0 Å². The van der Waals surface area contributed by atoms with Crippen molar-refractivity contribution in [2.24, 2.45) is 0 Å². The van der Waals surface area contributed by atoms with Gasteiger partial charge in [0.25, 0.3) is 5.91 Å². The zero-order chi connectivity index (χ0) is 16.8. The molecule has 2 aromatic rings. The summed E-state index contributed by atoms with van der Waals surface area (Å²) in [6.45, 7) is 5.61. The molecule has 24 heavy (non-hydrogen) atoms. The number of hydrogen-bond acceptors (Lipinski definition) is 2. The van der Waals surface area contributed by atoms with Crippen molar-refractivity contribution in [3.8, 4) is 0 Å². The molecular weight excluding hydrogens is 298 g/mol. The minimum absolute atomic E-state index is 0.0380. The van der Waals surface area contributed by atoms with E-state index < -0.39 is 0 Å². The lowest BCUT2D eigenvalue weighted by molar-refractivity contribution is -0.659. The second-order valence-corrected chi connectivity index (χ2v) is 6.47. The van der Waals surface area contributed by atoms with E-state index >= 15 is 0 Å². The number of carbonyl (C=O) groups excluding carboxylic acids is 1. The first-order valence-corrected chi connectivity index (χ1v) is 8.73. The zero-order valence-electron chi connectivity index (χ0n) is 14.3. The molecule has 0 radical (unpaired) electrons. The van der Waals surface area contributed by atoms with Gasteiger partial charge in [-0.05, 0) is 44.0 Å². The van der Waals surface area contributed by atoms with Crippen LogP contribution in [0.4, 0.5) is 11.4 Å². The number of nitrogens with two attached hydrogens (primary N) is 1. The Morgan fingerprint density at radius 2 is 1.71 bits per heavy atom. The van der Waals surface area contributed by atoms with E-state index in [0.717, 1.165) is 25.3 Å². The van der Waals surface area contributed by atoms with Gasteiger partial charge in [-0.15, -0.1) is 0 Å². The quantitative estimate of drug-likeness (QED) is 0.856. The molecule has 1 aliphatic rings. The molecule has 1 aliphatic heterocycles. The SMILES string of the molecule is Cc1ccc(C[NH2+]CC(=O)Nc2ccc(N3CCCC3)cc2)cc1. The molecule has 0 saturated carbocycles. The molecule has 3 N–H and O–H groups in total. The molecule has 0 unspecified atom stereocenters. The third-order valence-electron chi connectivity index (χ3n) is 4.45. The van der Waals surface area contributed by atoms with Crippen LogP contribution in [0.1, 0.15) is 24.0 Å². The second-order valence-electron chi connectivity index (χ2n) is 6.47. The molecular formula is C20H26N3O+. The highest BCUT2D eigenvalue weighted by molar-refractivity contribution is 5.91. The van der Waals surface area contributed by atoms with E-state index in [0.29, 0.717) is 6.54 Å². The third-order valence-corrected chi connectivity index (χ3v) is 4.45. The number of rotatable bonds is 6. The molecule has 1 heterocycles. The highest BCUT2D eigenvalue weighted by Crippen LogP contribution is 2.21. The largest absolute Gasteiger partial charge is 0.372 e. The van der Waals surface area contributed by atoms with E-state index in [1.54, 1.807) is 0 Å². The predicted octanol–water partition coefficient (Wildman–Crippen LogP) is 2.30. The fourth-order valence-corrected chi connectivity index (χ4v) is 3.04. The van der Waals surface area contributed by atoms with Crippen LogP contribution in [0.5, 0.6) is 0 Å². The number of anilines is 2. The van der Waals surface area contributed by atoms with Gasteiger partial charge in [0.15, 0.2) is 6.54 Å². The average Bonchev–Trinajstić information content (AvgIpc) is 3.12. The second kappa shape index (κ2) is 7.97. The maximum absolute atomic E-state index is 12.0. The Balaban J connectivity index is 1.43. The Hall–Kier alpha value is -2.33. The van der Waals surface area contributed by atoms with Gasteiger partial charge in [-0.2, -0.15) is 0 Å². The fourth-order valence-electron chi connectivity index (χ4n) is 3.04. The fraction of sp³-hybridized carbons (Fsp3) is 0.350. The maximum Gasteiger partial charge on any atom is 0.279 e. The first kappa shape index (κ1) is 16.5. The summed E-state index contributed by atoms with van der Waals surface area (Å²) in [6, 6.07) is 16.6. The van der Waals surface area contributed by atoms with E-state index in [-0.39, 0.29) is 5.91 Å². The standard InChI is InChI=1S/C20H25N3O/c1-16-4-6-17(7-5-16)14-21-15-20(24)22-18-8-10-19(11-9-18)23-12-2-3-13-23/h4-11,21H,2-3,12-15H2,1H3,(H,22,24)/p+1. The smallest absolute Gasteiger partial charge is 0.279 e. The van der Waals surface area contributed by atoms with Crippen molar-refractivity contribution in [2.45, 2.75) is 26.3 Å². The van der Waals surface area contributed by atoms with Crippen LogP contribution in [0.3, 0.4) is 0 Å². The van der Waals surface area contributed by atoms with E-state index in [4.69, 9.17) is 0 Å². The van der Waals surface area contributed by atoms with Crippen LogP contribution in [-0.2, 0) is 11.3 Å². The van der Waals surface area contributed by atoms with E-state index in [1.165, 1.54) is 29.7 Å². The van der Waals surface area contributed by atoms with Gasteiger partial charge >= 0.3 is 0 Å². The molecule has 4 nitrogen and oxygen atoms in total. The van der Waals surface area contributed by atoms with Gasteiger partial charge in [0.05, 0.1) is 0 Å². The Morgan fingerprint density at radius 3 is 2.38 bits per heavy atom. The molecule has 0 aromatic heterocycles. The lowest BCUT2D eigenvalue weighted by Gasteiger charge is -2.17. The maximum atomic E-state index is 12.0. The summed E-state index contributed by atoms with van der Waals surface area (Å²) in [7, 11) is 0. The number of aryl methyl sites for hydroxylation is 1. The Bertz CT molecular complexity index is 658. The van der Waals surface area contributed by atoms with Crippen LogP contribution < -0.4 is 15.5 Å². The molecule has 1 amide bonds. The average molecular weight is 324 g/mol. The first-order chi connectivity index (χ1) is 11.7. The summed E-state index contributed by atoms with van der Waals surface area (Å²) in [4.78, 5) is 14.4. The summed E-state index contributed by atoms with van der Waals surface area (Å²) < 4.78 is 0. The molecule has 0 spiro atoms. The molecule has 2 aromatic carbocycles. The van der Waals surface area contributed by atoms with Gasteiger partial charge in [0.1, 0.15) is 6.54 Å². The number of hydrogen-bond donors (Lipinski definition) is 2. The van der Waals surface area contributed by atoms with Gasteiger partial charge < -0.3 is 15.5 Å². The molecule has 3 rings (SSSR count). The Labute approximate surface area is 143 Å². The number of carbonyl (C=O) groups is 1. The first-order valence-electron chi connectivity index (χ1n) is 8.73.